The maximum Gasteiger partial charge on any atom is 0.0132 e. The van der Waals surface area contributed by atoms with Gasteiger partial charge >= 0.3 is 0 Å². The molecule has 0 aliphatic heterocycles. The van der Waals surface area contributed by atoms with Gasteiger partial charge in [-0.25, -0.2) is 0 Å². The molecule has 9 heavy (non-hydrogen) atoms. The molecule has 1 heteroatoms. The van der Waals surface area contributed by atoms with Crippen molar-refractivity contribution >= 4 is 0 Å². The Morgan fingerprint density at radius 2 is 1.89 bits per heavy atom. The Balaban J connectivity index is 3.38. The van der Waals surface area contributed by atoms with Gasteiger partial charge in [0.2, 0.25) is 0 Å². The molecule has 0 aromatic carbocycles. The van der Waals surface area contributed by atoms with Crippen molar-refractivity contribution in [1.82, 2.24) is 0 Å². The van der Waals surface area contributed by atoms with E-state index >= 15 is 0 Å². The lowest BCUT2D eigenvalue weighted by Gasteiger charge is -2.14. The largest absolute Gasteiger partial charge is 0.325 e. The topological polar surface area (TPSA) is 26.0 Å². The lowest BCUT2D eigenvalue weighted by Crippen LogP contribution is -2.30. The van der Waals surface area contributed by atoms with Crippen LogP contribution < -0.4 is 5.73 Å². The van der Waals surface area contributed by atoms with Gasteiger partial charge in [-0.15, -0.1) is 0 Å². The molecule has 0 amide bonds. The summed E-state index contributed by atoms with van der Waals surface area (Å²) < 4.78 is 0. The summed E-state index contributed by atoms with van der Waals surface area (Å²) in [6.07, 6.45) is 6.37. The molecular weight excluding hydrogens is 110 g/mol. The van der Waals surface area contributed by atoms with E-state index < -0.39 is 0 Å². The Morgan fingerprint density at radius 3 is 2.22 bits per heavy atom. The third-order valence-corrected chi connectivity index (χ3v) is 1.05. The van der Waals surface area contributed by atoms with Crippen molar-refractivity contribution < 1.29 is 0 Å². The molecule has 0 aromatic rings. The van der Waals surface area contributed by atoms with Crippen molar-refractivity contribution in [2.45, 2.75) is 39.2 Å². The van der Waals surface area contributed by atoms with Gasteiger partial charge in [-0.1, -0.05) is 19.1 Å². The Labute approximate surface area is 57.9 Å². The van der Waals surface area contributed by atoms with Gasteiger partial charge in [-0.05, 0) is 26.7 Å². The smallest absolute Gasteiger partial charge is 0.0132 e. The minimum Gasteiger partial charge on any atom is -0.325 e. The van der Waals surface area contributed by atoms with Gasteiger partial charge in [-0.3, -0.25) is 0 Å². The zero-order valence-corrected chi connectivity index (χ0v) is 6.65. The Hall–Kier alpha value is -0.300. The highest BCUT2D eigenvalue weighted by Gasteiger charge is 2.05. The minimum atomic E-state index is -0.0360. The molecule has 0 rings (SSSR count). The molecule has 0 radical (unpaired) electrons. The first-order valence-electron chi connectivity index (χ1n) is 3.50. The van der Waals surface area contributed by atoms with Crippen LogP contribution in [-0.2, 0) is 0 Å². The number of nitrogens with two attached hydrogens (primary N) is 1. The van der Waals surface area contributed by atoms with Crippen LogP contribution in [0.2, 0.25) is 0 Å². The zero-order chi connectivity index (χ0) is 7.33. The van der Waals surface area contributed by atoms with Gasteiger partial charge < -0.3 is 5.73 Å². The molecular formula is C8H17N. The summed E-state index contributed by atoms with van der Waals surface area (Å²) in [6.45, 7) is 6.19. The van der Waals surface area contributed by atoms with Crippen LogP contribution in [0, 0.1) is 0 Å². The first-order valence-corrected chi connectivity index (χ1v) is 3.50. The third-order valence-electron chi connectivity index (χ3n) is 1.05. The molecule has 2 N–H and O–H groups in total. The van der Waals surface area contributed by atoms with E-state index in [1.807, 2.05) is 13.8 Å². The van der Waals surface area contributed by atoms with Crippen molar-refractivity contribution in [3.63, 3.8) is 0 Å². The second-order valence-corrected chi connectivity index (χ2v) is 3.07. The fourth-order valence-corrected chi connectivity index (χ4v) is 0.554. The number of rotatable bonds is 3. The molecule has 0 aromatic heterocycles. The second-order valence-electron chi connectivity index (χ2n) is 3.07. The summed E-state index contributed by atoms with van der Waals surface area (Å²) in [5.74, 6) is 0. The average molecular weight is 127 g/mol. The highest BCUT2D eigenvalue weighted by atomic mass is 14.7. The standard InChI is InChI=1S/C8H17N/c1-4-5-6-7-8(2,3)9/h5-6H,4,7,9H2,1-3H3. The quantitative estimate of drug-likeness (QED) is 0.577. The highest BCUT2D eigenvalue weighted by molar-refractivity contribution is 4.88. The van der Waals surface area contributed by atoms with E-state index in [4.69, 9.17) is 5.73 Å². The van der Waals surface area contributed by atoms with Crippen LogP contribution >= 0.6 is 0 Å². The summed E-state index contributed by atoms with van der Waals surface area (Å²) in [5.41, 5.74) is 5.69. The molecule has 0 atom stereocenters. The van der Waals surface area contributed by atoms with Crippen molar-refractivity contribution in [2.75, 3.05) is 0 Å². The highest BCUT2D eigenvalue weighted by Crippen LogP contribution is 2.03. The summed E-state index contributed by atoms with van der Waals surface area (Å²) in [4.78, 5) is 0. The molecule has 0 fully saturated rings. The van der Waals surface area contributed by atoms with E-state index in [2.05, 4.69) is 19.1 Å². The van der Waals surface area contributed by atoms with Crippen molar-refractivity contribution in [1.29, 1.82) is 0 Å². The maximum atomic E-state index is 5.72. The molecule has 0 aliphatic carbocycles. The molecule has 0 aliphatic rings. The fraction of sp³-hybridized carbons (Fsp3) is 0.750. The molecule has 0 heterocycles. The molecule has 54 valence electrons. The summed E-state index contributed by atoms with van der Waals surface area (Å²) in [5, 5.41) is 0. The Bertz CT molecular complexity index is 87.2. The van der Waals surface area contributed by atoms with E-state index in [1.165, 1.54) is 0 Å². The van der Waals surface area contributed by atoms with Crippen LogP contribution in [0.4, 0.5) is 0 Å². The summed E-state index contributed by atoms with van der Waals surface area (Å²) in [6, 6.07) is 0. The lowest BCUT2D eigenvalue weighted by molar-refractivity contribution is 0.527. The van der Waals surface area contributed by atoms with E-state index in [9.17, 15) is 0 Å². The van der Waals surface area contributed by atoms with Gasteiger partial charge in [0, 0.05) is 5.54 Å². The summed E-state index contributed by atoms with van der Waals surface area (Å²) in [7, 11) is 0. The molecule has 0 spiro atoms. The number of hydrogen-bond acceptors (Lipinski definition) is 1. The van der Waals surface area contributed by atoms with Crippen molar-refractivity contribution in [3.8, 4) is 0 Å². The fourth-order valence-electron chi connectivity index (χ4n) is 0.554. The Morgan fingerprint density at radius 1 is 1.33 bits per heavy atom. The van der Waals surface area contributed by atoms with Crippen LogP contribution in [-0.4, -0.2) is 5.54 Å². The molecule has 0 saturated heterocycles. The Kier molecular flexibility index (Phi) is 3.55. The first kappa shape index (κ1) is 8.70. The predicted molar refractivity (Wildman–Crippen MR) is 42.3 cm³/mol. The molecule has 0 saturated carbocycles. The van der Waals surface area contributed by atoms with Gasteiger partial charge in [-0.2, -0.15) is 0 Å². The van der Waals surface area contributed by atoms with Crippen LogP contribution in [0.3, 0.4) is 0 Å². The monoisotopic (exact) mass is 127 g/mol. The summed E-state index contributed by atoms with van der Waals surface area (Å²) >= 11 is 0. The third kappa shape index (κ3) is 7.70. The van der Waals surface area contributed by atoms with Gasteiger partial charge in [0.1, 0.15) is 0 Å². The SMILES string of the molecule is CCC=CCC(C)(C)N. The molecule has 0 bridgehead atoms. The normalized spacial score (nSPS) is 12.9. The van der Waals surface area contributed by atoms with E-state index in [0.29, 0.717) is 0 Å². The van der Waals surface area contributed by atoms with Crippen molar-refractivity contribution in [3.05, 3.63) is 12.2 Å². The first-order chi connectivity index (χ1) is 4.06. The zero-order valence-electron chi connectivity index (χ0n) is 6.65. The molecule has 0 unspecified atom stereocenters. The number of allylic oxidation sites excluding steroid dienone is 1. The van der Waals surface area contributed by atoms with E-state index in [-0.39, 0.29) is 5.54 Å². The number of hydrogen-bond donors (Lipinski definition) is 1. The molecule has 1 nitrogen and oxygen atoms in total. The minimum absolute atomic E-state index is 0.0360. The van der Waals surface area contributed by atoms with Gasteiger partial charge in [0.05, 0.1) is 0 Å². The van der Waals surface area contributed by atoms with Crippen LogP contribution in [0.15, 0.2) is 12.2 Å². The van der Waals surface area contributed by atoms with Gasteiger partial charge in [0.25, 0.3) is 0 Å². The van der Waals surface area contributed by atoms with Gasteiger partial charge in [0.15, 0.2) is 0 Å². The van der Waals surface area contributed by atoms with E-state index in [0.717, 1.165) is 12.8 Å². The maximum absolute atomic E-state index is 5.72. The lowest BCUT2D eigenvalue weighted by atomic mass is 10.0. The van der Waals surface area contributed by atoms with Crippen LogP contribution in [0.25, 0.3) is 0 Å². The van der Waals surface area contributed by atoms with Crippen LogP contribution in [0.5, 0.6) is 0 Å². The van der Waals surface area contributed by atoms with Crippen molar-refractivity contribution in [2.24, 2.45) is 5.73 Å². The second kappa shape index (κ2) is 3.67. The average Bonchev–Trinajstić information content (AvgIpc) is 1.63. The predicted octanol–water partition coefficient (Wildman–Crippen LogP) is 2.08. The van der Waals surface area contributed by atoms with E-state index in [1.54, 1.807) is 0 Å². The van der Waals surface area contributed by atoms with Crippen LogP contribution in [0.1, 0.15) is 33.6 Å².